The Labute approximate surface area is 141 Å². The first-order chi connectivity index (χ1) is 10.8. The molecule has 5 heteroatoms. The van der Waals surface area contributed by atoms with E-state index in [4.69, 9.17) is 4.98 Å². The fourth-order valence-corrected chi connectivity index (χ4v) is 3.32. The number of aromatic nitrogens is 2. The molecule has 0 saturated heterocycles. The van der Waals surface area contributed by atoms with Gasteiger partial charge in [0.05, 0.1) is 10.8 Å². The third-order valence-electron chi connectivity index (χ3n) is 3.68. The molecule has 1 saturated carbocycles. The summed E-state index contributed by atoms with van der Waals surface area (Å²) in [6.45, 7) is 7.91. The van der Waals surface area contributed by atoms with E-state index < -0.39 is 0 Å². The maximum atomic E-state index is 12.4. The monoisotopic (exact) mass is 329 g/mol. The van der Waals surface area contributed by atoms with E-state index in [-0.39, 0.29) is 16.7 Å². The molecule has 0 spiro atoms. The van der Waals surface area contributed by atoms with Gasteiger partial charge < -0.3 is 5.32 Å². The summed E-state index contributed by atoms with van der Waals surface area (Å²) in [6, 6.07) is 8.04. The number of fused-ring (bicyclic) bond motifs is 1. The number of amides is 1. The molecule has 1 unspecified atom stereocenters. The van der Waals surface area contributed by atoms with Crippen LogP contribution in [-0.2, 0) is 4.79 Å². The first-order valence-corrected chi connectivity index (χ1v) is 8.97. The van der Waals surface area contributed by atoms with E-state index in [1.807, 2.05) is 52.0 Å². The lowest BCUT2D eigenvalue weighted by atomic mass is 10.1. The summed E-state index contributed by atoms with van der Waals surface area (Å²) < 4.78 is 0. The lowest BCUT2D eigenvalue weighted by molar-refractivity contribution is -0.121. The lowest BCUT2D eigenvalue weighted by Crippen LogP contribution is -2.44. The van der Waals surface area contributed by atoms with E-state index in [0.29, 0.717) is 5.92 Å². The second-order valence-corrected chi connectivity index (χ2v) is 8.51. The molecule has 1 atom stereocenters. The van der Waals surface area contributed by atoms with Crippen molar-refractivity contribution in [3.05, 3.63) is 30.1 Å². The Bertz CT molecular complexity index is 735. The second kappa shape index (κ2) is 6.11. The van der Waals surface area contributed by atoms with E-state index in [1.165, 1.54) is 24.6 Å². The normalized spacial score (nSPS) is 16.3. The molecule has 1 heterocycles. The van der Waals surface area contributed by atoms with Crippen LogP contribution in [0.1, 0.15) is 52.3 Å². The average Bonchev–Trinajstić information content (AvgIpc) is 3.30. The van der Waals surface area contributed by atoms with Crippen molar-refractivity contribution >= 4 is 28.6 Å². The first-order valence-electron chi connectivity index (χ1n) is 8.09. The quantitative estimate of drug-likeness (QED) is 0.683. The number of hydrogen-bond acceptors (Lipinski definition) is 4. The minimum Gasteiger partial charge on any atom is -0.351 e. The number of nitrogens with one attached hydrogen (secondary N) is 1. The fraction of sp³-hybridized carbons (Fsp3) is 0.500. The van der Waals surface area contributed by atoms with Gasteiger partial charge in [0.15, 0.2) is 0 Å². The van der Waals surface area contributed by atoms with E-state index >= 15 is 0 Å². The molecule has 4 nitrogen and oxygen atoms in total. The number of para-hydroxylation sites is 1. The van der Waals surface area contributed by atoms with Gasteiger partial charge in [-0.3, -0.25) is 4.79 Å². The summed E-state index contributed by atoms with van der Waals surface area (Å²) in [6.07, 6.45) is 2.34. The second-order valence-electron chi connectivity index (χ2n) is 7.18. The predicted molar refractivity (Wildman–Crippen MR) is 94.7 cm³/mol. The van der Waals surface area contributed by atoms with Crippen LogP contribution < -0.4 is 5.32 Å². The third kappa shape index (κ3) is 4.02. The van der Waals surface area contributed by atoms with Gasteiger partial charge in [0.1, 0.15) is 10.9 Å². The van der Waals surface area contributed by atoms with Gasteiger partial charge in [-0.05, 0) is 46.6 Å². The highest BCUT2D eigenvalue weighted by molar-refractivity contribution is 8.00. The van der Waals surface area contributed by atoms with Gasteiger partial charge in [-0.25, -0.2) is 9.97 Å². The van der Waals surface area contributed by atoms with Crippen molar-refractivity contribution in [3.8, 4) is 0 Å². The minimum absolute atomic E-state index is 0.0400. The van der Waals surface area contributed by atoms with E-state index in [0.717, 1.165) is 21.8 Å². The summed E-state index contributed by atoms with van der Waals surface area (Å²) in [5.41, 5.74) is 0.745. The largest absolute Gasteiger partial charge is 0.351 e. The SMILES string of the molecule is CC(Sc1nc(C2CC2)nc2ccccc12)C(=O)NC(C)(C)C. The summed E-state index contributed by atoms with van der Waals surface area (Å²) in [7, 11) is 0. The van der Waals surface area contributed by atoms with Crippen LogP contribution in [-0.4, -0.2) is 26.7 Å². The molecule has 1 aliphatic rings. The zero-order valence-electron chi connectivity index (χ0n) is 14.1. The van der Waals surface area contributed by atoms with Crippen LogP contribution >= 0.6 is 11.8 Å². The van der Waals surface area contributed by atoms with Crippen molar-refractivity contribution in [2.45, 2.75) is 62.3 Å². The number of benzene rings is 1. The zero-order chi connectivity index (χ0) is 16.6. The van der Waals surface area contributed by atoms with Crippen LogP contribution in [0.2, 0.25) is 0 Å². The molecule has 0 radical (unpaired) electrons. The Hall–Kier alpha value is -1.62. The van der Waals surface area contributed by atoms with Gasteiger partial charge in [-0.2, -0.15) is 0 Å². The average molecular weight is 329 g/mol. The van der Waals surface area contributed by atoms with E-state index in [9.17, 15) is 4.79 Å². The summed E-state index contributed by atoms with van der Waals surface area (Å²) in [5.74, 6) is 1.46. The maximum absolute atomic E-state index is 12.4. The van der Waals surface area contributed by atoms with Gasteiger partial charge in [-0.1, -0.05) is 30.0 Å². The van der Waals surface area contributed by atoms with Gasteiger partial charge >= 0.3 is 0 Å². The number of nitrogens with zero attached hydrogens (tertiary/aromatic N) is 2. The molecular formula is C18H23N3OS. The highest BCUT2D eigenvalue weighted by Gasteiger charge is 2.28. The van der Waals surface area contributed by atoms with Crippen molar-refractivity contribution < 1.29 is 4.79 Å². The van der Waals surface area contributed by atoms with Crippen molar-refractivity contribution in [1.82, 2.24) is 15.3 Å². The van der Waals surface area contributed by atoms with E-state index in [1.54, 1.807) is 0 Å². The molecule has 3 rings (SSSR count). The van der Waals surface area contributed by atoms with Crippen LogP contribution in [0.4, 0.5) is 0 Å². The van der Waals surface area contributed by atoms with Crippen LogP contribution in [0.5, 0.6) is 0 Å². The highest BCUT2D eigenvalue weighted by atomic mass is 32.2. The van der Waals surface area contributed by atoms with Crippen molar-refractivity contribution in [1.29, 1.82) is 0 Å². The summed E-state index contributed by atoms with van der Waals surface area (Å²) in [4.78, 5) is 21.8. The zero-order valence-corrected chi connectivity index (χ0v) is 14.9. The topological polar surface area (TPSA) is 54.9 Å². The third-order valence-corrected chi connectivity index (χ3v) is 4.79. The van der Waals surface area contributed by atoms with Crippen LogP contribution in [0.25, 0.3) is 10.9 Å². The molecule has 122 valence electrons. The maximum Gasteiger partial charge on any atom is 0.233 e. The molecule has 23 heavy (non-hydrogen) atoms. The van der Waals surface area contributed by atoms with Crippen molar-refractivity contribution in [2.24, 2.45) is 0 Å². The Morgan fingerprint density at radius 2 is 1.96 bits per heavy atom. The van der Waals surface area contributed by atoms with Crippen LogP contribution in [0, 0.1) is 0 Å². The standard InChI is InChI=1S/C18H23N3OS/c1-11(16(22)21-18(2,3)4)23-17-13-7-5-6-8-14(13)19-15(20-17)12-9-10-12/h5-8,11-12H,9-10H2,1-4H3,(H,21,22). The molecule has 1 fully saturated rings. The van der Waals surface area contributed by atoms with Gasteiger partial charge in [0, 0.05) is 16.8 Å². The van der Waals surface area contributed by atoms with Gasteiger partial charge in [-0.15, -0.1) is 0 Å². The Morgan fingerprint density at radius 1 is 1.26 bits per heavy atom. The molecular weight excluding hydrogens is 306 g/mol. The molecule has 1 amide bonds. The molecule has 1 N–H and O–H groups in total. The molecule has 1 aliphatic carbocycles. The van der Waals surface area contributed by atoms with E-state index in [2.05, 4.69) is 10.3 Å². The summed E-state index contributed by atoms with van der Waals surface area (Å²) in [5, 5.41) is 4.78. The number of rotatable bonds is 4. The number of hydrogen-bond donors (Lipinski definition) is 1. The molecule has 1 aromatic heterocycles. The number of carbonyl (C=O) groups excluding carboxylic acids is 1. The smallest absolute Gasteiger partial charge is 0.233 e. The minimum atomic E-state index is -0.223. The molecule has 1 aromatic carbocycles. The first kappa shape index (κ1) is 16.2. The summed E-state index contributed by atoms with van der Waals surface area (Å²) >= 11 is 1.52. The van der Waals surface area contributed by atoms with Gasteiger partial charge in [0.2, 0.25) is 5.91 Å². The lowest BCUT2D eigenvalue weighted by Gasteiger charge is -2.23. The van der Waals surface area contributed by atoms with Crippen LogP contribution in [0.3, 0.4) is 0 Å². The predicted octanol–water partition coefficient (Wildman–Crippen LogP) is 3.90. The number of carbonyl (C=O) groups is 1. The number of thioether (sulfide) groups is 1. The van der Waals surface area contributed by atoms with Gasteiger partial charge in [0.25, 0.3) is 0 Å². The molecule has 2 aromatic rings. The molecule has 0 bridgehead atoms. The Balaban J connectivity index is 1.88. The Morgan fingerprint density at radius 3 is 2.61 bits per heavy atom. The van der Waals surface area contributed by atoms with Crippen LogP contribution in [0.15, 0.2) is 29.3 Å². The Kier molecular flexibility index (Phi) is 4.32. The highest BCUT2D eigenvalue weighted by Crippen LogP contribution is 2.40. The van der Waals surface area contributed by atoms with Crippen molar-refractivity contribution in [2.75, 3.05) is 0 Å². The molecule has 0 aliphatic heterocycles. The van der Waals surface area contributed by atoms with Crippen molar-refractivity contribution in [3.63, 3.8) is 0 Å². The fourth-order valence-electron chi connectivity index (χ4n) is 2.37.